The molecule has 0 spiro atoms. The minimum atomic E-state index is -0.243. The van der Waals surface area contributed by atoms with Crippen molar-refractivity contribution in [2.45, 2.75) is 13.1 Å². The van der Waals surface area contributed by atoms with Crippen molar-refractivity contribution >= 4 is 45.1 Å². The second kappa shape index (κ2) is 8.32. The highest BCUT2D eigenvalue weighted by Crippen LogP contribution is 2.25. The lowest BCUT2D eigenvalue weighted by Crippen LogP contribution is -2.25. The van der Waals surface area contributed by atoms with E-state index in [1.165, 1.54) is 0 Å². The summed E-state index contributed by atoms with van der Waals surface area (Å²) in [6, 6.07) is 24.2. The number of para-hydroxylation sites is 1. The van der Waals surface area contributed by atoms with Gasteiger partial charge < -0.3 is 9.88 Å². The van der Waals surface area contributed by atoms with Crippen LogP contribution in [0.4, 0.5) is 5.69 Å². The number of carbonyl (C=O) groups is 1. The fourth-order valence-corrected chi connectivity index (χ4v) is 4.01. The molecule has 1 N–H and O–H groups in total. The molecule has 0 bridgehead atoms. The number of aromatic nitrogens is 3. The second-order valence-corrected chi connectivity index (χ2v) is 7.96. The molecule has 0 aliphatic rings. The Balaban J connectivity index is 1.58. The molecule has 2 heterocycles. The quantitative estimate of drug-likeness (QED) is 0.429. The number of fused-ring (bicyclic) bond motifs is 3. The van der Waals surface area contributed by atoms with Gasteiger partial charge in [0.1, 0.15) is 17.6 Å². The van der Waals surface area contributed by atoms with E-state index < -0.39 is 0 Å². The number of nitrogens with one attached hydrogen (secondary N) is 1. The molecule has 0 atom stereocenters. The number of anilines is 1. The molecule has 7 heteroatoms. The Morgan fingerprint density at radius 3 is 2.44 bits per heavy atom. The average molecular weight is 443 g/mol. The van der Waals surface area contributed by atoms with Gasteiger partial charge in [-0.2, -0.15) is 0 Å². The maximum absolute atomic E-state index is 13.5. The smallest absolute Gasteiger partial charge is 0.278 e. The number of hydrogen-bond donors (Lipinski definition) is 1. The highest BCUT2D eigenvalue weighted by molar-refractivity contribution is 6.30. The molecule has 0 fully saturated rings. The van der Waals surface area contributed by atoms with Gasteiger partial charge in [-0.1, -0.05) is 60.1 Å². The summed E-state index contributed by atoms with van der Waals surface area (Å²) in [6.07, 6.45) is 1.57. The second-order valence-electron chi connectivity index (χ2n) is 7.52. The van der Waals surface area contributed by atoms with Crippen LogP contribution in [0.15, 0.2) is 90.0 Å². The Hall–Kier alpha value is -3.90. The zero-order chi connectivity index (χ0) is 22.1. The first-order valence-electron chi connectivity index (χ1n) is 10.2. The molecule has 5 rings (SSSR count). The van der Waals surface area contributed by atoms with Crippen LogP contribution in [-0.4, -0.2) is 20.0 Å². The Kier molecular flexibility index (Phi) is 5.21. The van der Waals surface area contributed by atoms with Crippen LogP contribution in [0.25, 0.3) is 21.9 Å². The topological polar surface area (TPSA) is 68.9 Å². The van der Waals surface area contributed by atoms with Crippen molar-refractivity contribution in [2.75, 3.05) is 5.32 Å². The fraction of sp³-hybridized carbons (Fsp3) is 0.0800. The van der Waals surface area contributed by atoms with Crippen LogP contribution in [0.5, 0.6) is 0 Å². The summed E-state index contributed by atoms with van der Waals surface area (Å²) in [6.45, 7) is 0.389. The molecule has 6 nitrogen and oxygen atoms in total. The normalized spacial score (nSPS) is 11.2. The van der Waals surface area contributed by atoms with Crippen LogP contribution in [0.2, 0.25) is 5.02 Å². The predicted octanol–water partition coefficient (Wildman–Crippen LogP) is 4.69. The molecular formula is C25H19ClN4O2. The number of hydrogen-bond acceptors (Lipinski definition) is 3. The van der Waals surface area contributed by atoms with E-state index in [4.69, 9.17) is 11.6 Å². The highest BCUT2D eigenvalue weighted by Gasteiger charge is 2.18. The van der Waals surface area contributed by atoms with Crippen molar-refractivity contribution in [1.82, 2.24) is 14.1 Å². The molecule has 0 unspecified atom stereocenters. The molecule has 0 saturated carbocycles. The summed E-state index contributed by atoms with van der Waals surface area (Å²) in [5.74, 6) is -0.243. The van der Waals surface area contributed by atoms with E-state index in [-0.39, 0.29) is 18.0 Å². The van der Waals surface area contributed by atoms with Crippen LogP contribution in [0.3, 0.4) is 0 Å². The minimum Gasteiger partial charge on any atom is -0.325 e. The van der Waals surface area contributed by atoms with Crippen LogP contribution in [-0.2, 0) is 17.9 Å². The standard InChI is InChI=1S/C25H19ClN4O2/c26-18-10-12-19(13-11-18)28-22(31)15-30-21-9-5-4-8-20(21)23-24(30)25(32)29(16-27-23)14-17-6-2-1-3-7-17/h1-13,16H,14-15H2,(H,28,31). The fourth-order valence-electron chi connectivity index (χ4n) is 3.88. The number of rotatable bonds is 5. The zero-order valence-electron chi connectivity index (χ0n) is 17.0. The van der Waals surface area contributed by atoms with Gasteiger partial charge in [0.15, 0.2) is 0 Å². The van der Waals surface area contributed by atoms with Gasteiger partial charge >= 0.3 is 0 Å². The summed E-state index contributed by atoms with van der Waals surface area (Å²) >= 11 is 5.92. The monoisotopic (exact) mass is 442 g/mol. The van der Waals surface area contributed by atoms with Gasteiger partial charge in [0.25, 0.3) is 5.56 Å². The number of benzene rings is 3. The number of carbonyl (C=O) groups excluding carboxylic acids is 1. The zero-order valence-corrected chi connectivity index (χ0v) is 17.8. The molecule has 158 valence electrons. The maximum atomic E-state index is 13.5. The van der Waals surface area contributed by atoms with E-state index in [9.17, 15) is 9.59 Å². The van der Waals surface area contributed by atoms with Gasteiger partial charge in [-0.05, 0) is 35.9 Å². The SMILES string of the molecule is O=C(Cn1c2ccccc2c2ncn(Cc3ccccc3)c(=O)c21)Nc1ccc(Cl)cc1. The molecule has 0 aliphatic carbocycles. The van der Waals surface area contributed by atoms with Crippen LogP contribution in [0, 0.1) is 0 Å². The van der Waals surface area contributed by atoms with Crippen LogP contribution < -0.4 is 10.9 Å². The lowest BCUT2D eigenvalue weighted by Gasteiger charge is -2.10. The summed E-state index contributed by atoms with van der Waals surface area (Å²) in [7, 11) is 0. The molecule has 3 aromatic carbocycles. The Labute approximate surface area is 188 Å². The van der Waals surface area contributed by atoms with E-state index in [1.54, 1.807) is 39.7 Å². The summed E-state index contributed by atoms with van der Waals surface area (Å²) < 4.78 is 3.32. The molecular weight excluding hydrogens is 424 g/mol. The van der Waals surface area contributed by atoms with Gasteiger partial charge in [-0.3, -0.25) is 14.2 Å². The molecule has 5 aromatic rings. The van der Waals surface area contributed by atoms with E-state index in [1.807, 2.05) is 54.6 Å². The number of nitrogens with zero attached hydrogens (tertiary/aromatic N) is 3. The van der Waals surface area contributed by atoms with Gasteiger partial charge in [0.2, 0.25) is 5.91 Å². The molecule has 0 saturated heterocycles. The van der Waals surface area contributed by atoms with E-state index in [2.05, 4.69) is 10.3 Å². The first kappa shape index (κ1) is 20.0. The third kappa shape index (κ3) is 3.76. The Morgan fingerprint density at radius 1 is 0.938 bits per heavy atom. The summed E-state index contributed by atoms with van der Waals surface area (Å²) in [5, 5.41) is 4.29. The first-order valence-corrected chi connectivity index (χ1v) is 10.5. The first-order chi connectivity index (χ1) is 15.6. The average Bonchev–Trinajstić information content (AvgIpc) is 3.12. The van der Waals surface area contributed by atoms with Gasteiger partial charge in [0, 0.05) is 16.1 Å². The van der Waals surface area contributed by atoms with Gasteiger partial charge in [-0.15, -0.1) is 0 Å². The number of amides is 1. The van der Waals surface area contributed by atoms with Crippen molar-refractivity contribution in [1.29, 1.82) is 0 Å². The molecule has 0 aliphatic heterocycles. The Morgan fingerprint density at radius 2 is 1.66 bits per heavy atom. The predicted molar refractivity (Wildman–Crippen MR) is 127 cm³/mol. The highest BCUT2D eigenvalue weighted by atomic mass is 35.5. The number of halogens is 1. The van der Waals surface area contributed by atoms with Crippen molar-refractivity contribution < 1.29 is 4.79 Å². The van der Waals surface area contributed by atoms with E-state index >= 15 is 0 Å². The van der Waals surface area contributed by atoms with Gasteiger partial charge in [0.05, 0.1) is 18.4 Å². The lowest BCUT2D eigenvalue weighted by atomic mass is 10.2. The molecule has 0 radical (unpaired) electrons. The van der Waals surface area contributed by atoms with E-state index in [0.29, 0.717) is 28.3 Å². The molecule has 2 aromatic heterocycles. The van der Waals surface area contributed by atoms with E-state index in [0.717, 1.165) is 16.5 Å². The lowest BCUT2D eigenvalue weighted by molar-refractivity contribution is -0.116. The third-order valence-electron chi connectivity index (χ3n) is 5.36. The minimum absolute atomic E-state index is 0.0150. The summed E-state index contributed by atoms with van der Waals surface area (Å²) in [5.41, 5.74) is 3.24. The van der Waals surface area contributed by atoms with Crippen LogP contribution >= 0.6 is 11.6 Å². The maximum Gasteiger partial charge on any atom is 0.278 e. The van der Waals surface area contributed by atoms with Crippen molar-refractivity contribution in [3.63, 3.8) is 0 Å². The molecule has 1 amide bonds. The largest absolute Gasteiger partial charge is 0.325 e. The van der Waals surface area contributed by atoms with Crippen LogP contribution in [0.1, 0.15) is 5.56 Å². The van der Waals surface area contributed by atoms with Crippen molar-refractivity contribution in [2.24, 2.45) is 0 Å². The third-order valence-corrected chi connectivity index (χ3v) is 5.61. The van der Waals surface area contributed by atoms with Crippen molar-refractivity contribution in [3.8, 4) is 0 Å². The molecule has 32 heavy (non-hydrogen) atoms. The van der Waals surface area contributed by atoms with Gasteiger partial charge in [-0.25, -0.2) is 4.98 Å². The summed E-state index contributed by atoms with van der Waals surface area (Å²) in [4.78, 5) is 30.9. The Bertz CT molecular complexity index is 1490. The van der Waals surface area contributed by atoms with Crippen molar-refractivity contribution in [3.05, 3.63) is 106 Å².